The van der Waals surface area contributed by atoms with Gasteiger partial charge < -0.3 is 10.2 Å². The topological polar surface area (TPSA) is 15.3 Å². The lowest BCUT2D eigenvalue weighted by Crippen LogP contribution is -2.35. The SMILES string of the molecule is CC1CN(Cc2ccc(I)cc2)c2ccccc2CN1. The van der Waals surface area contributed by atoms with Crippen molar-refractivity contribution in [3.8, 4) is 0 Å². The molecule has 1 atom stereocenters. The van der Waals surface area contributed by atoms with E-state index in [1.165, 1.54) is 20.4 Å². The smallest absolute Gasteiger partial charge is 0.0430 e. The van der Waals surface area contributed by atoms with Gasteiger partial charge in [-0.15, -0.1) is 0 Å². The van der Waals surface area contributed by atoms with E-state index in [-0.39, 0.29) is 0 Å². The molecule has 1 unspecified atom stereocenters. The summed E-state index contributed by atoms with van der Waals surface area (Å²) in [6.45, 7) is 5.23. The molecular formula is C17H19IN2. The minimum absolute atomic E-state index is 0.506. The maximum Gasteiger partial charge on any atom is 0.0430 e. The molecule has 2 nitrogen and oxygen atoms in total. The number of anilines is 1. The molecule has 0 saturated heterocycles. The Labute approximate surface area is 134 Å². The van der Waals surface area contributed by atoms with Gasteiger partial charge in [-0.05, 0) is 58.8 Å². The third-order valence-corrected chi connectivity index (χ3v) is 4.47. The van der Waals surface area contributed by atoms with Gasteiger partial charge in [0, 0.05) is 34.9 Å². The summed E-state index contributed by atoms with van der Waals surface area (Å²) in [6.07, 6.45) is 0. The first-order chi connectivity index (χ1) is 9.72. The van der Waals surface area contributed by atoms with Crippen LogP contribution in [0.25, 0.3) is 0 Å². The maximum absolute atomic E-state index is 3.58. The highest BCUT2D eigenvalue weighted by molar-refractivity contribution is 14.1. The molecule has 0 fully saturated rings. The van der Waals surface area contributed by atoms with Crippen molar-refractivity contribution in [3.05, 3.63) is 63.2 Å². The Hall–Kier alpha value is -1.07. The lowest BCUT2D eigenvalue weighted by Gasteiger charge is -2.26. The van der Waals surface area contributed by atoms with Crippen molar-refractivity contribution in [2.45, 2.75) is 26.1 Å². The molecule has 0 spiro atoms. The molecule has 1 heterocycles. The summed E-state index contributed by atoms with van der Waals surface area (Å²) in [5, 5.41) is 3.58. The number of hydrogen-bond acceptors (Lipinski definition) is 2. The molecule has 0 aliphatic carbocycles. The number of nitrogens with zero attached hydrogens (tertiary/aromatic N) is 1. The molecule has 2 aromatic carbocycles. The van der Waals surface area contributed by atoms with Crippen molar-refractivity contribution < 1.29 is 0 Å². The van der Waals surface area contributed by atoms with Crippen LogP contribution < -0.4 is 10.2 Å². The van der Waals surface area contributed by atoms with Crippen molar-refractivity contribution in [1.29, 1.82) is 0 Å². The van der Waals surface area contributed by atoms with E-state index in [1.807, 2.05) is 0 Å². The van der Waals surface area contributed by atoms with Crippen molar-refractivity contribution in [1.82, 2.24) is 5.32 Å². The maximum atomic E-state index is 3.58. The Morgan fingerprint density at radius 1 is 1.15 bits per heavy atom. The highest BCUT2D eigenvalue weighted by atomic mass is 127. The first kappa shape index (κ1) is 13.9. The number of fused-ring (bicyclic) bond motifs is 1. The van der Waals surface area contributed by atoms with Crippen LogP contribution in [0.4, 0.5) is 5.69 Å². The Morgan fingerprint density at radius 3 is 2.70 bits per heavy atom. The average Bonchev–Trinajstić information content (AvgIpc) is 2.62. The standard InChI is InChI=1S/C17H19IN2/c1-13-11-20(12-14-6-8-16(18)9-7-14)17-5-3-2-4-15(17)10-19-13/h2-9,13,19H,10-12H2,1H3. The predicted octanol–water partition coefficient (Wildman–Crippen LogP) is 3.79. The molecule has 0 radical (unpaired) electrons. The lowest BCUT2D eigenvalue weighted by molar-refractivity contribution is 0.552. The Kier molecular flexibility index (Phi) is 4.27. The Morgan fingerprint density at radius 2 is 1.90 bits per heavy atom. The second-order valence-electron chi connectivity index (χ2n) is 5.42. The third-order valence-electron chi connectivity index (χ3n) is 3.75. The van der Waals surface area contributed by atoms with E-state index in [0.29, 0.717) is 6.04 Å². The number of halogens is 1. The fraction of sp³-hybridized carbons (Fsp3) is 0.294. The second kappa shape index (κ2) is 6.14. The first-order valence-corrected chi connectivity index (χ1v) is 8.11. The van der Waals surface area contributed by atoms with E-state index in [1.54, 1.807) is 0 Å². The summed E-state index contributed by atoms with van der Waals surface area (Å²) in [5.74, 6) is 0. The van der Waals surface area contributed by atoms with Crippen molar-refractivity contribution in [2.75, 3.05) is 11.4 Å². The Balaban J connectivity index is 1.88. The quantitative estimate of drug-likeness (QED) is 0.800. The van der Waals surface area contributed by atoms with Crippen LogP contribution in [0.5, 0.6) is 0 Å². The van der Waals surface area contributed by atoms with Crippen LogP contribution in [0.2, 0.25) is 0 Å². The summed E-state index contributed by atoms with van der Waals surface area (Å²) < 4.78 is 1.29. The molecule has 1 aliphatic rings. The second-order valence-corrected chi connectivity index (χ2v) is 6.66. The number of para-hydroxylation sites is 1. The molecular weight excluding hydrogens is 359 g/mol. The molecule has 3 rings (SSSR count). The zero-order valence-corrected chi connectivity index (χ0v) is 13.8. The van der Waals surface area contributed by atoms with E-state index in [9.17, 15) is 0 Å². The van der Waals surface area contributed by atoms with E-state index < -0.39 is 0 Å². The van der Waals surface area contributed by atoms with Gasteiger partial charge in [-0.2, -0.15) is 0 Å². The predicted molar refractivity (Wildman–Crippen MR) is 93.0 cm³/mol. The summed E-state index contributed by atoms with van der Waals surface area (Å²) in [6, 6.07) is 18.0. The zero-order chi connectivity index (χ0) is 13.9. The zero-order valence-electron chi connectivity index (χ0n) is 11.6. The lowest BCUT2D eigenvalue weighted by atomic mass is 10.1. The van der Waals surface area contributed by atoms with Gasteiger partial charge in [0.25, 0.3) is 0 Å². The monoisotopic (exact) mass is 378 g/mol. The highest BCUT2D eigenvalue weighted by Crippen LogP contribution is 2.25. The summed E-state index contributed by atoms with van der Waals surface area (Å²) >= 11 is 2.35. The van der Waals surface area contributed by atoms with Gasteiger partial charge in [0.1, 0.15) is 0 Å². The van der Waals surface area contributed by atoms with Crippen LogP contribution in [0.15, 0.2) is 48.5 Å². The van der Waals surface area contributed by atoms with Crippen LogP contribution in [0.3, 0.4) is 0 Å². The summed E-state index contributed by atoms with van der Waals surface area (Å²) in [5.41, 5.74) is 4.12. The first-order valence-electron chi connectivity index (χ1n) is 7.03. The van der Waals surface area contributed by atoms with Gasteiger partial charge in [-0.25, -0.2) is 0 Å². The molecule has 0 aromatic heterocycles. The number of benzene rings is 2. The van der Waals surface area contributed by atoms with E-state index in [2.05, 4.69) is 88.3 Å². The minimum Gasteiger partial charge on any atom is -0.365 e. The van der Waals surface area contributed by atoms with Crippen LogP contribution in [-0.2, 0) is 13.1 Å². The molecule has 0 saturated carbocycles. The normalized spacial score (nSPS) is 18.5. The molecule has 2 aromatic rings. The number of rotatable bonds is 2. The van der Waals surface area contributed by atoms with Gasteiger partial charge in [-0.1, -0.05) is 30.3 Å². The van der Waals surface area contributed by atoms with E-state index in [0.717, 1.165) is 19.6 Å². The molecule has 1 aliphatic heterocycles. The van der Waals surface area contributed by atoms with Gasteiger partial charge >= 0.3 is 0 Å². The fourth-order valence-corrected chi connectivity index (χ4v) is 3.07. The Bertz CT molecular complexity index is 580. The van der Waals surface area contributed by atoms with Gasteiger partial charge in [0.05, 0.1) is 0 Å². The van der Waals surface area contributed by atoms with Crippen LogP contribution in [-0.4, -0.2) is 12.6 Å². The summed E-state index contributed by atoms with van der Waals surface area (Å²) in [7, 11) is 0. The van der Waals surface area contributed by atoms with Crippen LogP contribution in [0.1, 0.15) is 18.1 Å². The van der Waals surface area contributed by atoms with E-state index >= 15 is 0 Å². The molecule has 1 N–H and O–H groups in total. The fourth-order valence-electron chi connectivity index (χ4n) is 2.71. The van der Waals surface area contributed by atoms with Crippen molar-refractivity contribution in [2.24, 2.45) is 0 Å². The molecule has 0 bridgehead atoms. The van der Waals surface area contributed by atoms with Gasteiger partial charge in [-0.3, -0.25) is 0 Å². The largest absolute Gasteiger partial charge is 0.365 e. The average molecular weight is 378 g/mol. The molecule has 3 heteroatoms. The third kappa shape index (κ3) is 3.15. The minimum atomic E-state index is 0.506. The van der Waals surface area contributed by atoms with Gasteiger partial charge in [0.15, 0.2) is 0 Å². The molecule has 104 valence electrons. The van der Waals surface area contributed by atoms with Crippen molar-refractivity contribution in [3.63, 3.8) is 0 Å². The van der Waals surface area contributed by atoms with Crippen LogP contribution >= 0.6 is 22.6 Å². The number of hydrogen-bond donors (Lipinski definition) is 1. The van der Waals surface area contributed by atoms with E-state index in [4.69, 9.17) is 0 Å². The molecule has 0 amide bonds. The van der Waals surface area contributed by atoms with Gasteiger partial charge in [0.2, 0.25) is 0 Å². The summed E-state index contributed by atoms with van der Waals surface area (Å²) in [4.78, 5) is 2.49. The van der Waals surface area contributed by atoms with Crippen molar-refractivity contribution >= 4 is 28.3 Å². The number of nitrogens with one attached hydrogen (secondary N) is 1. The molecule has 20 heavy (non-hydrogen) atoms. The van der Waals surface area contributed by atoms with Crippen LogP contribution in [0, 0.1) is 3.57 Å². The highest BCUT2D eigenvalue weighted by Gasteiger charge is 2.18.